The topological polar surface area (TPSA) is 109 Å². The third-order valence-corrected chi connectivity index (χ3v) is 6.09. The Morgan fingerprint density at radius 1 is 1.03 bits per heavy atom. The van der Waals surface area contributed by atoms with Crippen molar-refractivity contribution in [1.82, 2.24) is 9.88 Å². The van der Waals surface area contributed by atoms with Crippen molar-refractivity contribution >= 4 is 5.69 Å². The Bertz CT molecular complexity index is 805. The average Bonchev–Trinajstić information content (AvgIpc) is 2.78. The summed E-state index contributed by atoms with van der Waals surface area (Å²) in [6.07, 6.45) is 2.59. The Labute approximate surface area is 184 Å². The molecule has 0 spiro atoms. The van der Waals surface area contributed by atoms with E-state index in [9.17, 15) is 20.4 Å². The number of nitrogens with zero attached hydrogens (tertiary/aromatic N) is 2. The van der Waals surface area contributed by atoms with E-state index in [0.29, 0.717) is 6.54 Å². The number of likely N-dealkylation sites (tertiary alicyclic amines) is 1. The van der Waals surface area contributed by atoms with Crippen molar-refractivity contribution in [1.29, 1.82) is 0 Å². The van der Waals surface area contributed by atoms with Crippen LogP contribution < -0.4 is 5.32 Å². The maximum atomic E-state index is 10.0. The fourth-order valence-electron chi connectivity index (χ4n) is 4.21. The predicted octanol–water partition coefficient (Wildman–Crippen LogP) is 1.79. The highest BCUT2D eigenvalue weighted by molar-refractivity contribution is 5.65. The minimum Gasteiger partial charge on any atom is -0.395 e. The molecule has 1 fully saturated rings. The molecule has 170 valence electrons. The fourth-order valence-corrected chi connectivity index (χ4v) is 4.21. The van der Waals surface area contributed by atoms with E-state index in [-0.39, 0.29) is 13.2 Å². The summed E-state index contributed by atoms with van der Waals surface area (Å²) in [6.45, 7) is 3.74. The van der Waals surface area contributed by atoms with Crippen LogP contribution in [0.3, 0.4) is 0 Å². The van der Waals surface area contributed by atoms with Crippen LogP contribution >= 0.6 is 0 Å². The number of aryl methyl sites for hydroxylation is 1. The van der Waals surface area contributed by atoms with Crippen molar-refractivity contribution in [3.05, 3.63) is 48.2 Å². The van der Waals surface area contributed by atoms with Crippen LogP contribution in [0.2, 0.25) is 0 Å². The van der Waals surface area contributed by atoms with Crippen molar-refractivity contribution in [3.63, 3.8) is 0 Å². The first-order chi connectivity index (χ1) is 15.0. The van der Waals surface area contributed by atoms with Crippen LogP contribution in [0.4, 0.5) is 5.69 Å². The summed E-state index contributed by atoms with van der Waals surface area (Å²) in [7, 11) is 0. The summed E-state index contributed by atoms with van der Waals surface area (Å²) >= 11 is 0. The zero-order valence-corrected chi connectivity index (χ0v) is 18.2. The van der Waals surface area contributed by atoms with Crippen LogP contribution in [0.25, 0.3) is 11.3 Å². The van der Waals surface area contributed by atoms with Gasteiger partial charge in [0.15, 0.2) is 0 Å². The first kappa shape index (κ1) is 23.6. The second-order valence-electron chi connectivity index (χ2n) is 8.38. The van der Waals surface area contributed by atoms with E-state index < -0.39 is 24.4 Å². The third-order valence-electron chi connectivity index (χ3n) is 6.09. The van der Waals surface area contributed by atoms with Gasteiger partial charge in [0.2, 0.25) is 0 Å². The molecular formula is C24H35N3O4. The van der Waals surface area contributed by atoms with Crippen LogP contribution in [0, 0.1) is 6.92 Å². The SMILES string of the molecule is Cc1cc(-c2ccccn2)ccc1NCCCCCCN1C[C@H](O)[C@@H](O)[C@H](O)[C@H]1CO. The van der Waals surface area contributed by atoms with Gasteiger partial charge in [0.25, 0.3) is 0 Å². The molecule has 7 nitrogen and oxygen atoms in total. The number of piperidine rings is 1. The van der Waals surface area contributed by atoms with Crippen LogP contribution in [-0.2, 0) is 0 Å². The summed E-state index contributed by atoms with van der Waals surface area (Å²) in [4.78, 5) is 6.28. The van der Waals surface area contributed by atoms with Crippen molar-refractivity contribution in [2.24, 2.45) is 0 Å². The van der Waals surface area contributed by atoms with E-state index in [1.54, 1.807) is 6.20 Å². The number of benzene rings is 1. The molecule has 5 N–H and O–H groups in total. The van der Waals surface area contributed by atoms with Crippen molar-refractivity contribution in [3.8, 4) is 11.3 Å². The van der Waals surface area contributed by atoms with E-state index in [1.807, 2.05) is 23.1 Å². The molecule has 0 unspecified atom stereocenters. The van der Waals surface area contributed by atoms with Crippen LogP contribution in [0.1, 0.15) is 31.2 Å². The maximum absolute atomic E-state index is 10.0. The molecule has 1 aliphatic rings. The number of hydrogen-bond acceptors (Lipinski definition) is 7. The second kappa shape index (κ2) is 11.5. The van der Waals surface area contributed by atoms with Gasteiger partial charge in [-0.15, -0.1) is 0 Å². The molecular weight excluding hydrogens is 394 g/mol. The molecule has 4 atom stereocenters. The monoisotopic (exact) mass is 429 g/mol. The normalized spacial score (nSPS) is 24.3. The molecule has 7 heteroatoms. The largest absolute Gasteiger partial charge is 0.395 e. The van der Waals surface area contributed by atoms with Gasteiger partial charge in [-0.25, -0.2) is 0 Å². The molecule has 1 saturated heterocycles. The van der Waals surface area contributed by atoms with E-state index in [2.05, 4.69) is 35.4 Å². The lowest BCUT2D eigenvalue weighted by molar-refractivity contribution is -0.145. The number of aliphatic hydroxyl groups is 4. The summed E-state index contributed by atoms with van der Waals surface area (Å²) < 4.78 is 0. The van der Waals surface area contributed by atoms with Crippen LogP contribution in [0.15, 0.2) is 42.6 Å². The van der Waals surface area contributed by atoms with Gasteiger partial charge in [0.05, 0.1) is 24.4 Å². The molecule has 0 radical (unpaired) electrons. The summed E-state index contributed by atoms with van der Waals surface area (Å²) in [6, 6.07) is 11.8. The minimum absolute atomic E-state index is 0.229. The zero-order chi connectivity index (χ0) is 22.2. The maximum Gasteiger partial charge on any atom is 0.109 e. The molecule has 1 aromatic carbocycles. The molecule has 1 aromatic heterocycles. The minimum atomic E-state index is -1.19. The standard InChI is InChI=1S/C24H35N3O4/c1-17-14-18(20-8-4-6-12-26-20)9-10-19(17)25-11-5-2-3-7-13-27-15-22(29)24(31)23(30)21(27)16-28/h4,6,8-10,12,14,21-25,28-31H,2-3,5,7,11,13,15-16H2,1H3/t21-,22+,23-,24-/m1/s1. The number of hydrogen-bond donors (Lipinski definition) is 5. The number of anilines is 1. The van der Waals surface area contributed by atoms with Gasteiger partial charge >= 0.3 is 0 Å². The Hall–Kier alpha value is -2.03. The number of β-amino-alcohol motifs (C(OH)–C–C–N with tert-alkyl or cyclic N) is 1. The second-order valence-corrected chi connectivity index (χ2v) is 8.38. The van der Waals surface area contributed by atoms with Gasteiger partial charge in [-0.05, 0) is 56.1 Å². The molecule has 3 rings (SSSR count). The molecule has 0 amide bonds. The molecule has 1 aliphatic heterocycles. The molecule has 0 aliphatic carbocycles. The first-order valence-corrected chi connectivity index (χ1v) is 11.2. The number of rotatable bonds is 10. The number of aromatic nitrogens is 1. The zero-order valence-electron chi connectivity index (χ0n) is 18.2. The molecule has 31 heavy (non-hydrogen) atoms. The van der Waals surface area contributed by atoms with Gasteiger partial charge in [-0.1, -0.05) is 25.0 Å². The Morgan fingerprint density at radius 3 is 2.55 bits per heavy atom. The van der Waals surface area contributed by atoms with E-state index >= 15 is 0 Å². The number of unbranched alkanes of at least 4 members (excludes halogenated alkanes) is 3. The molecule has 2 heterocycles. The summed E-state index contributed by atoms with van der Waals surface area (Å²) in [5.41, 5.74) is 4.43. The van der Waals surface area contributed by atoms with Crippen molar-refractivity contribution < 1.29 is 20.4 Å². The number of aliphatic hydroxyl groups excluding tert-OH is 4. The number of pyridine rings is 1. The highest BCUT2D eigenvalue weighted by Gasteiger charge is 2.40. The van der Waals surface area contributed by atoms with Gasteiger partial charge in [0.1, 0.15) is 12.2 Å². The van der Waals surface area contributed by atoms with Gasteiger partial charge in [-0.3, -0.25) is 9.88 Å². The van der Waals surface area contributed by atoms with Crippen molar-refractivity contribution in [2.75, 3.05) is 31.6 Å². The Kier molecular flexibility index (Phi) is 8.80. The lowest BCUT2D eigenvalue weighted by Crippen LogP contribution is -2.62. The van der Waals surface area contributed by atoms with Crippen LogP contribution in [-0.4, -0.2) is 80.9 Å². The van der Waals surface area contributed by atoms with E-state index in [4.69, 9.17) is 0 Å². The lowest BCUT2D eigenvalue weighted by atomic mass is 9.94. The van der Waals surface area contributed by atoms with E-state index in [0.717, 1.165) is 49.2 Å². The highest BCUT2D eigenvalue weighted by Crippen LogP contribution is 2.23. The smallest absolute Gasteiger partial charge is 0.109 e. The van der Waals surface area contributed by atoms with Crippen molar-refractivity contribution in [2.45, 2.75) is 57.0 Å². The summed E-state index contributed by atoms with van der Waals surface area (Å²) in [5.74, 6) is 0. The molecule has 2 aromatic rings. The molecule has 0 saturated carbocycles. The van der Waals surface area contributed by atoms with Crippen LogP contribution in [0.5, 0.6) is 0 Å². The first-order valence-electron chi connectivity index (χ1n) is 11.2. The highest BCUT2D eigenvalue weighted by atomic mass is 16.4. The van der Waals surface area contributed by atoms with Gasteiger partial charge in [0, 0.05) is 30.5 Å². The van der Waals surface area contributed by atoms with Gasteiger partial charge < -0.3 is 25.7 Å². The van der Waals surface area contributed by atoms with E-state index in [1.165, 1.54) is 5.56 Å². The van der Waals surface area contributed by atoms with Gasteiger partial charge in [-0.2, -0.15) is 0 Å². The predicted molar refractivity (Wildman–Crippen MR) is 122 cm³/mol. The molecule has 0 bridgehead atoms. The quantitative estimate of drug-likeness (QED) is 0.366. The Balaban J connectivity index is 1.35. The fraction of sp³-hybridized carbons (Fsp3) is 0.542. The Morgan fingerprint density at radius 2 is 1.84 bits per heavy atom. The average molecular weight is 430 g/mol. The lowest BCUT2D eigenvalue weighted by Gasteiger charge is -2.43. The summed E-state index contributed by atoms with van der Waals surface area (Å²) in [5, 5.41) is 42.7. The third kappa shape index (κ3) is 6.24. The number of nitrogens with one attached hydrogen (secondary N) is 1.